The molecule has 1 aliphatic heterocycles. The van der Waals surface area contributed by atoms with E-state index in [2.05, 4.69) is 45.2 Å². The lowest BCUT2D eigenvalue weighted by Crippen LogP contribution is -2.24. The Balaban J connectivity index is 1.23. The molecule has 9 heteroatoms. The van der Waals surface area contributed by atoms with Gasteiger partial charge in [-0.15, -0.1) is 0 Å². The number of aromatic amines is 1. The highest BCUT2D eigenvalue weighted by atomic mass is 16.6. The lowest BCUT2D eigenvalue weighted by Gasteiger charge is -2.26. The maximum atomic E-state index is 13.2. The second kappa shape index (κ2) is 10.6. The van der Waals surface area contributed by atoms with Gasteiger partial charge in [0.2, 0.25) is 0 Å². The third kappa shape index (κ3) is 5.41. The minimum atomic E-state index is -0.654. The summed E-state index contributed by atoms with van der Waals surface area (Å²) in [6.45, 7) is 6.48. The van der Waals surface area contributed by atoms with Gasteiger partial charge in [0, 0.05) is 36.0 Å². The Kier molecular flexibility index (Phi) is 6.57. The van der Waals surface area contributed by atoms with Gasteiger partial charge in [-0.3, -0.25) is 0 Å². The van der Waals surface area contributed by atoms with E-state index >= 15 is 0 Å². The predicted octanol–water partition coefficient (Wildman–Crippen LogP) is 7.36. The third-order valence-electron chi connectivity index (χ3n) is 7.54. The van der Waals surface area contributed by atoms with Gasteiger partial charge in [-0.1, -0.05) is 36.4 Å². The van der Waals surface area contributed by atoms with Gasteiger partial charge < -0.3 is 19.4 Å². The molecule has 6 aromatic rings. The van der Waals surface area contributed by atoms with E-state index in [1.807, 2.05) is 69.6 Å². The van der Waals surface area contributed by atoms with Crippen LogP contribution in [-0.4, -0.2) is 42.7 Å². The highest BCUT2D eigenvalue weighted by Gasteiger charge is 2.27. The molecule has 4 aromatic heterocycles. The van der Waals surface area contributed by atoms with Crippen LogP contribution >= 0.6 is 0 Å². The summed E-state index contributed by atoms with van der Waals surface area (Å²) >= 11 is 0. The second-order valence-corrected chi connectivity index (χ2v) is 11.8. The molecule has 2 aromatic carbocycles. The van der Waals surface area contributed by atoms with Crippen LogP contribution in [0.25, 0.3) is 27.9 Å². The Labute approximate surface area is 249 Å². The van der Waals surface area contributed by atoms with Gasteiger partial charge in [0.15, 0.2) is 5.65 Å². The van der Waals surface area contributed by atoms with Crippen molar-refractivity contribution in [2.45, 2.75) is 45.3 Å². The van der Waals surface area contributed by atoms with Crippen LogP contribution in [0.1, 0.15) is 55.6 Å². The summed E-state index contributed by atoms with van der Waals surface area (Å²) in [6.07, 6.45) is 7.62. The Morgan fingerprint density at radius 3 is 2.72 bits per heavy atom. The number of benzene rings is 2. The van der Waals surface area contributed by atoms with Crippen molar-refractivity contribution in [3.05, 3.63) is 103 Å². The highest BCUT2D eigenvalue weighted by Crippen LogP contribution is 2.36. The van der Waals surface area contributed by atoms with Gasteiger partial charge in [0.05, 0.1) is 17.9 Å². The van der Waals surface area contributed by atoms with E-state index < -0.39 is 11.6 Å². The SMILES string of the molecule is CC(C)(C)OC(=O)c1ccc(-c2cc3nc(N4CCCC4c4ccccc4)ccn3n2)cc1Oc1cnc2[nH]ccc2c1. The summed E-state index contributed by atoms with van der Waals surface area (Å²) in [6, 6.07) is 24.1. The van der Waals surface area contributed by atoms with Gasteiger partial charge in [-0.25, -0.2) is 19.3 Å². The molecule has 0 amide bonds. The largest absolute Gasteiger partial charge is 0.456 e. The van der Waals surface area contributed by atoms with Gasteiger partial charge in [0.25, 0.3) is 0 Å². The standard InChI is InChI=1S/C34H32N6O3/c1-34(2,3)43-33(41)26-12-11-23(19-29(26)42-25-18-24-13-15-35-32(24)36-21-25)27-20-31-37-30(14-17-40(31)38-27)39-16-7-10-28(39)22-8-5-4-6-9-22/h4-6,8-9,11-15,17-21,28H,7,10,16H2,1-3H3,(H,35,36). The van der Waals surface area contributed by atoms with Gasteiger partial charge >= 0.3 is 5.97 Å². The van der Waals surface area contributed by atoms with Crippen molar-refractivity contribution in [2.75, 3.05) is 11.4 Å². The summed E-state index contributed by atoms with van der Waals surface area (Å²) < 4.78 is 13.7. The Bertz CT molecular complexity index is 1940. The Morgan fingerprint density at radius 2 is 1.88 bits per heavy atom. The number of aromatic nitrogens is 5. The number of carbonyl (C=O) groups excluding carboxylic acids is 1. The molecule has 1 saturated heterocycles. The van der Waals surface area contributed by atoms with Gasteiger partial charge in [0.1, 0.15) is 34.1 Å². The molecular formula is C34H32N6O3. The molecule has 9 nitrogen and oxygen atoms in total. The quantitative estimate of drug-likeness (QED) is 0.208. The van der Waals surface area contributed by atoms with Crippen LogP contribution in [0.2, 0.25) is 0 Å². The lowest BCUT2D eigenvalue weighted by molar-refractivity contribution is 0.00672. The topological polar surface area (TPSA) is 97.6 Å². The van der Waals surface area contributed by atoms with Crippen LogP contribution in [0.15, 0.2) is 91.4 Å². The number of pyridine rings is 1. The van der Waals surface area contributed by atoms with Crippen molar-refractivity contribution in [3.63, 3.8) is 0 Å². The number of carbonyl (C=O) groups is 1. The predicted molar refractivity (Wildman–Crippen MR) is 166 cm³/mol. The van der Waals surface area contributed by atoms with Gasteiger partial charge in [-0.2, -0.15) is 5.10 Å². The van der Waals surface area contributed by atoms with Crippen molar-refractivity contribution in [1.82, 2.24) is 24.6 Å². The maximum absolute atomic E-state index is 13.2. The molecule has 1 N–H and O–H groups in total. The average Bonchev–Trinajstić information content (AvgIpc) is 3.75. The van der Waals surface area contributed by atoms with Gasteiger partial charge in [-0.05, 0) is 69.5 Å². The minimum absolute atomic E-state index is 0.304. The van der Waals surface area contributed by atoms with E-state index in [-0.39, 0.29) is 0 Å². The third-order valence-corrected chi connectivity index (χ3v) is 7.54. The van der Waals surface area contributed by atoms with E-state index in [1.54, 1.807) is 16.8 Å². The number of anilines is 1. The monoisotopic (exact) mass is 572 g/mol. The summed E-state index contributed by atoms with van der Waals surface area (Å²) in [5.41, 5.74) is 3.97. The van der Waals surface area contributed by atoms with Crippen LogP contribution in [0.5, 0.6) is 11.5 Å². The number of nitrogens with zero attached hydrogens (tertiary/aromatic N) is 5. The smallest absolute Gasteiger partial charge is 0.342 e. The fourth-order valence-electron chi connectivity index (χ4n) is 5.60. The first-order chi connectivity index (χ1) is 20.8. The first-order valence-electron chi connectivity index (χ1n) is 14.5. The van der Waals surface area contributed by atoms with Crippen LogP contribution in [0, 0.1) is 0 Å². The van der Waals surface area contributed by atoms with Crippen molar-refractivity contribution in [3.8, 4) is 22.8 Å². The van der Waals surface area contributed by atoms with Crippen molar-refractivity contribution in [1.29, 1.82) is 0 Å². The fourth-order valence-corrected chi connectivity index (χ4v) is 5.60. The Morgan fingerprint density at radius 1 is 1.02 bits per heavy atom. The van der Waals surface area contributed by atoms with E-state index in [1.165, 1.54) is 5.56 Å². The first kappa shape index (κ1) is 26.7. The zero-order valence-corrected chi connectivity index (χ0v) is 24.3. The number of H-pyrrole nitrogens is 1. The maximum Gasteiger partial charge on any atom is 0.342 e. The van der Waals surface area contributed by atoms with E-state index in [0.717, 1.165) is 47.4 Å². The molecule has 5 heterocycles. The molecular weight excluding hydrogens is 540 g/mol. The second-order valence-electron chi connectivity index (χ2n) is 11.8. The molecule has 0 saturated carbocycles. The molecule has 1 fully saturated rings. The Hall–Kier alpha value is -5.18. The van der Waals surface area contributed by atoms with E-state index in [0.29, 0.717) is 28.8 Å². The molecule has 0 spiro atoms. The molecule has 1 atom stereocenters. The number of rotatable bonds is 6. The van der Waals surface area contributed by atoms with Crippen molar-refractivity contribution in [2.24, 2.45) is 0 Å². The van der Waals surface area contributed by atoms with Crippen LogP contribution < -0.4 is 9.64 Å². The van der Waals surface area contributed by atoms with E-state index in [9.17, 15) is 4.79 Å². The summed E-state index contributed by atoms with van der Waals surface area (Å²) in [7, 11) is 0. The summed E-state index contributed by atoms with van der Waals surface area (Å²) in [5, 5.41) is 5.70. The molecule has 0 aliphatic carbocycles. The lowest BCUT2D eigenvalue weighted by atomic mass is 10.0. The van der Waals surface area contributed by atoms with Crippen LogP contribution in [0.4, 0.5) is 5.82 Å². The molecule has 1 aliphatic rings. The summed E-state index contributed by atoms with van der Waals surface area (Å²) in [5.74, 6) is 1.33. The average molecular weight is 573 g/mol. The van der Waals surface area contributed by atoms with Crippen molar-refractivity contribution >= 4 is 28.5 Å². The molecule has 43 heavy (non-hydrogen) atoms. The molecule has 7 rings (SSSR count). The first-order valence-corrected chi connectivity index (χ1v) is 14.5. The molecule has 0 bridgehead atoms. The number of fused-ring (bicyclic) bond motifs is 2. The molecule has 1 unspecified atom stereocenters. The number of nitrogens with one attached hydrogen (secondary N) is 1. The van der Waals surface area contributed by atoms with Crippen LogP contribution in [0.3, 0.4) is 0 Å². The molecule has 216 valence electrons. The van der Waals surface area contributed by atoms with Crippen LogP contribution in [-0.2, 0) is 4.74 Å². The highest BCUT2D eigenvalue weighted by molar-refractivity contribution is 5.94. The number of ether oxygens (including phenoxy) is 2. The fraction of sp³-hybridized carbons (Fsp3) is 0.235. The van der Waals surface area contributed by atoms with E-state index in [4.69, 9.17) is 19.6 Å². The zero-order chi connectivity index (χ0) is 29.6. The zero-order valence-electron chi connectivity index (χ0n) is 24.3. The summed E-state index contributed by atoms with van der Waals surface area (Å²) in [4.78, 5) is 28.0. The number of hydrogen-bond donors (Lipinski definition) is 1. The van der Waals surface area contributed by atoms with Crippen molar-refractivity contribution < 1.29 is 14.3 Å². The number of hydrogen-bond acceptors (Lipinski definition) is 7. The number of esters is 1. The normalized spacial score (nSPS) is 15.3. The molecule has 0 radical (unpaired) electrons. The minimum Gasteiger partial charge on any atom is -0.456 e.